The second-order valence-electron chi connectivity index (χ2n) is 5.42. The van der Waals surface area contributed by atoms with Crippen LogP contribution >= 0.6 is 23.2 Å². The monoisotopic (exact) mass is 360 g/mol. The van der Waals surface area contributed by atoms with E-state index in [1.54, 1.807) is 25.1 Å². The second-order valence-corrected chi connectivity index (χ2v) is 6.26. The van der Waals surface area contributed by atoms with E-state index in [4.69, 9.17) is 27.7 Å². The van der Waals surface area contributed by atoms with Gasteiger partial charge in [-0.25, -0.2) is 0 Å². The van der Waals surface area contributed by atoms with Gasteiger partial charge in [-0.1, -0.05) is 58.2 Å². The number of hydrogen-bond acceptors (Lipinski definition) is 3. The standard InChI is InChI=1S/C18H14Cl2N2O2/c1-10-3-5-12(6-4-10)17-16(11(2)22-24-17)18(23)21-15-9-13(19)7-8-14(15)20/h3-9H,1-2H3,(H,21,23). The van der Waals surface area contributed by atoms with Crippen LogP contribution in [0.4, 0.5) is 5.69 Å². The molecule has 0 radical (unpaired) electrons. The molecule has 0 bridgehead atoms. The molecule has 3 aromatic rings. The lowest BCUT2D eigenvalue weighted by Gasteiger charge is -2.08. The molecule has 1 heterocycles. The van der Waals surface area contributed by atoms with Crippen molar-refractivity contribution in [2.45, 2.75) is 13.8 Å². The van der Waals surface area contributed by atoms with Crippen molar-refractivity contribution in [1.29, 1.82) is 0 Å². The lowest BCUT2D eigenvalue weighted by molar-refractivity contribution is 0.102. The van der Waals surface area contributed by atoms with Gasteiger partial charge < -0.3 is 9.84 Å². The fraction of sp³-hybridized carbons (Fsp3) is 0.111. The molecule has 122 valence electrons. The van der Waals surface area contributed by atoms with Crippen molar-refractivity contribution in [3.05, 3.63) is 69.3 Å². The Hall–Kier alpha value is -2.30. The minimum atomic E-state index is -0.353. The van der Waals surface area contributed by atoms with Crippen molar-refractivity contribution >= 4 is 34.8 Å². The Bertz CT molecular complexity index is 902. The summed E-state index contributed by atoms with van der Waals surface area (Å²) in [6.07, 6.45) is 0. The van der Waals surface area contributed by atoms with Crippen LogP contribution in [-0.4, -0.2) is 11.1 Å². The van der Waals surface area contributed by atoms with Crippen LogP contribution in [0.15, 0.2) is 47.0 Å². The van der Waals surface area contributed by atoms with Crippen LogP contribution in [0.25, 0.3) is 11.3 Å². The summed E-state index contributed by atoms with van der Waals surface area (Å²) in [5, 5.41) is 7.57. The van der Waals surface area contributed by atoms with Crippen molar-refractivity contribution < 1.29 is 9.32 Å². The van der Waals surface area contributed by atoms with E-state index >= 15 is 0 Å². The first-order valence-corrected chi connectivity index (χ1v) is 8.01. The summed E-state index contributed by atoms with van der Waals surface area (Å²) in [6, 6.07) is 12.5. The predicted octanol–water partition coefficient (Wildman–Crippen LogP) is 5.52. The number of nitrogens with zero attached hydrogens (tertiary/aromatic N) is 1. The molecule has 0 aliphatic carbocycles. The maximum atomic E-state index is 12.7. The minimum Gasteiger partial charge on any atom is -0.355 e. The highest BCUT2D eigenvalue weighted by Crippen LogP contribution is 2.30. The third kappa shape index (κ3) is 3.30. The molecule has 0 unspecified atom stereocenters. The van der Waals surface area contributed by atoms with Gasteiger partial charge in [-0.15, -0.1) is 0 Å². The van der Waals surface area contributed by atoms with Gasteiger partial charge in [-0.3, -0.25) is 4.79 Å². The predicted molar refractivity (Wildman–Crippen MR) is 95.8 cm³/mol. The lowest BCUT2D eigenvalue weighted by atomic mass is 10.0. The summed E-state index contributed by atoms with van der Waals surface area (Å²) in [7, 11) is 0. The van der Waals surface area contributed by atoms with Crippen molar-refractivity contribution in [3.8, 4) is 11.3 Å². The van der Waals surface area contributed by atoms with Crippen LogP contribution in [0.5, 0.6) is 0 Å². The van der Waals surface area contributed by atoms with Gasteiger partial charge in [0.2, 0.25) is 0 Å². The van der Waals surface area contributed by atoms with E-state index in [2.05, 4.69) is 10.5 Å². The Morgan fingerprint density at radius 3 is 2.50 bits per heavy atom. The Kier molecular flexibility index (Phi) is 4.60. The van der Waals surface area contributed by atoms with Crippen LogP contribution in [0, 0.1) is 13.8 Å². The summed E-state index contributed by atoms with van der Waals surface area (Å²) in [5.41, 5.74) is 3.20. The molecule has 1 amide bonds. The normalized spacial score (nSPS) is 10.7. The molecular weight excluding hydrogens is 347 g/mol. The first-order chi connectivity index (χ1) is 11.5. The van der Waals surface area contributed by atoms with Crippen LogP contribution in [0.2, 0.25) is 10.0 Å². The van der Waals surface area contributed by atoms with Gasteiger partial charge in [0, 0.05) is 10.6 Å². The van der Waals surface area contributed by atoms with Crippen molar-refractivity contribution in [2.75, 3.05) is 5.32 Å². The number of rotatable bonds is 3. The summed E-state index contributed by atoms with van der Waals surface area (Å²) in [5.74, 6) is 0.0663. The van der Waals surface area contributed by atoms with Crippen molar-refractivity contribution in [1.82, 2.24) is 5.16 Å². The number of carbonyl (C=O) groups excluding carboxylic acids is 1. The average molecular weight is 361 g/mol. The molecule has 0 fully saturated rings. The summed E-state index contributed by atoms with van der Waals surface area (Å²) < 4.78 is 5.36. The number of amides is 1. The first kappa shape index (κ1) is 16.6. The van der Waals surface area contributed by atoms with E-state index in [1.165, 1.54) is 0 Å². The molecule has 24 heavy (non-hydrogen) atoms. The Labute approximate surface area is 149 Å². The summed E-state index contributed by atoms with van der Waals surface area (Å²) >= 11 is 12.1. The Morgan fingerprint density at radius 1 is 1.08 bits per heavy atom. The van der Waals surface area contributed by atoms with Gasteiger partial charge in [0.25, 0.3) is 5.91 Å². The molecule has 4 nitrogen and oxygen atoms in total. The van der Waals surface area contributed by atoms with Gasteiger partial charge in [0.1, 0.15) is 5.56 Å². The van der Waals surface area contributed by atoms with Crippen LogP contribution in [0.1, 0.15) is 21.6 Å². The summed E-state index contributed by atoms with van der Waals surface area (Å²) in [4.78, 5) is 12.7. The highest BCUT2D eigenvalue weighted by atomic mass is 35.5. The minimum absolute atomic E-state index is 0.353. The van der Waals surface area contributed by atoms with Crippen LogP contribution in [-0.2, 0) is 0 Å². The number of nitrogens with one attached hydrogen (secondary N) is 1. The van der Waals surface area contributed by atoms with Gasteiger partial charge in [-0.2, -0.15) is 0 Å². The third-order valence-electron chi connectivity index (χ3n) is 3.58. The average Bonchev–Trinajstić information content (AvgIpc) is 2.93. The molecule has 3 rings (SSSR count). The molecule has 0 aliphatic rings. The van der Waals surface area contributed by atoms with E-state index in [1.807, 2.05) is 31.2 Å². The van der Waals surface area contributed by atoms with Gasteiger partial charge >= 0.3 is 0 Å². The van der Waals surface area contributed by atoms with E-state index in [0.29, 0.717) is 32.8 Å². The maximum Gasteiger partial charge on any atom is 0.261 e. The van der Waals surface area contributed by atoms with E-state index < -0.39 is 0 Å². The van der Waals surface area contributed by atoms with Crippen molar-refractivity contribution in [3.63, 3.8) is 0 Å². The zero-order valence-corrected chi connectivity index (χ0v) is 14.6. The van der Waals surface area contributed by atoms with Crippen molar-refractivity contribution in [2.24, 2.45) is 0 Å². The number of benzene rings is 2. The Balaban J connectivity index is 1.97. The molecule has 1 aromatic heterocycles. The number of anilines is 1. The highest BCUT2D eigenvalue weighted by Gasteiger charge is 2.22. The number of aryl methyl sites for hydroxylation is 2. The molecule has 0 spiro atoms. The molecule has 0 atom stereocenters. The number of halogens is 2. The lowest BCUT2D eigenvalue weighted by Crippen LogP contribution is -2.13. The smallest absolute Gasteiger partial charge is 0.261 e. The molecule has 0 saturated heterocycles. The van der Waals surface area contributed by atoms with Gasteiger partial charge in [-0.05, 0) is 32.0 Å². The van der Waals surface area contributed by atoms with Gasteiger partial charge in [0.05, 0.1) is 16.4 Å². The third-order valence-corrected chi connectivity index (χ3v) is 4.14. The number of hydrogen-bond donors (Lipinski definition) is 1. The fourth-order valence-corrected chi connectivity index (χ4v) is 2.65. The first-order valence-electron chi connectivity index (χ1n) is 7.25. The highest BCUT2D eigenvalue weighted by molar-refractivity contribution is 6.36. The molecular formula is C18H14Cl2N2O2. The summed E-state index contributed by atoms with van der Waals surface area (Å²) in [6.45, 7) is 3.71. The topological polar surface area (TPSA) is 55.1 Å². The van der Waals surface area contributed by atoms with Crippen LogP contribution in [0.3, 0.4) is 0 Å². The van der Waals surface area contributed by atoms with E-state index in [-0.39, 0.29) is 5.91 Å². The van der Waals surface area contributed by atoms with E-state index in [9.17, 15) is 4.79 Å². The number of carbonyl (C=O) groups is 1. The SMILES string of the molecule is Cc1ccc(-c2onc(C)c2C(=O)Nc2cc(Cl)ccc2Cl)cc1. The largest absolute Gasteiger partial charge is 0.355 e. The quantitative estimate of drug-likeness (QED) is 0.669. The second kappa shape index (κ2) is 6.67. The van der Waals surface area contributed by atoms with Crippen LogP contribution < -0.4 is 5.32 Å². The maximum absolute atomic E-state index is 12.7. The fourth-order valence-electron chi connectivity index (χ4n) is 2.32. The molecule has 0 aliphatic heterocycles. The van der Waals surface area contributed by atoms with E-state index in [0.717, 1.165) is 11.1 Å². The molecule has 6 heteroatoms. The molecule has 0 saturated carbocycles. The Morgan fingerprint density at radius 2 is 1.79 bits per heavy atom. The zero-order chi connectivity index (χ0) is 17.3. The molecule has 2 aromatic carbocycles. The number of aromatic nitrogens is 1. The zero-order valence-electron chi connectivity index (χ0n) is 13.1. The molecule has 1 N–H and O–H groups in total. The van der Waals surface area contributed by atoms with Gasteiger partial charge in [0.15, 0.2) is 5.76 Å².